The van der Waals surface area contributed by atoms with Gasteiger partial charge in [-0.15, -0.1) is 13.2 Å². The van der Waals surface area contributed by atoms with Crippen LogP contribution in [-0.4, -0.2) is 30.6 Å². The summed E-state index contributed by atoms with van der Waals surface area (Å²) in [4.78, 5) is 13.5. The van der Waals surface area contributed by atoms with Crippen LogP contribution in [0.4, 0.5) is 4.79 Å². The smallest absolute Gasteiger partial charge is 0.317 e. The van der Waals surface area contributed by atoms with E-state index in [0.29, 0.717) is 19.6 Å². The van der Waals surface area contributed by atoms with Gasteiger partial charge in [0.25, 0.3) is 0 Å². The molecule has 0 aliphatic heterocycles. The van der Waals surface area contributed by atoms with Crippen LogP contribution in [0.25, 0.3) is 0 Å². The first-order chi connectivity index (χ1) is 9.17. The van der Waals surface area contributed by atoms with Crippen molar-refractivity contribution in [3.63, 3.8) is 0 Å². The molecule has 1 aromatic rings. The average molecular weight is 258 g/mol. The molecule has 0 unspecified atom stereocenters. The lowest BCUT2D eigenvalue weighted by atomic mass is 10.1. The zero-order valence-corrected chi connectivity index (χ0v) is 11.6. The van der Waals surface area contributed by atoms with Crippen LogP contribution in [0.2, 0.25) is 0 Å². The molecule has 1 aromatic carbocycles. The van der Waals surface area contributed by atoms with Gasteiger partial charge in [-0.25, -0.2) is 4.79 Å². The lowest BCUT2D eigenvalue weighted by molar-refractivity contribution is 0.208. The van der Waals surface area contributed by atoms with E-state index in [2.05, 4.69) is 49.7 Å². The van der Waals surface area contributed by atoms with E-state index in [1.165, 1.54) is 11.1 Å². The van der Waals surface area contributed by atoms with Crippen molar-refractivity contribution in [1.29, 1.82) is 0 Å². The number of amides is 2. The van der Waals surface area contributed by atoms with Gasteiger partial charge < -0.3 is 10.2 Å². The Bertz CT molecular complexity index is 413. The highest BCUT2D eigenvalue weighted by Gasteiger charge is 2.08. The number of urea groups is 1. The number of aryl methyl sites for hydroxylation is 1. The normalized spacial score (nSPS) is 9.74. The molecule has 0 aromatic heterocycles. The summed E-state index contributed by atoms with van der Waals surface area (Å²) in [6.07, 6.45) is 4.26. The van der Waals surface area contributed by atoms with Crippen molar-refractivity contribution in [2.45, 2.75) is 13.3 Å². The summed E-state index contributed by atoms with van der Waals surface area (Å²) in [5.74, 6) is 0. The Morgan fingerprint density at radius 3 is 2.32 bits per heavy atom. The predicted molar refractivity (Wildman–Crippen MR) is 80.2 cm³/mol. The minimum atomic E-state index is -0.0769. The molecule has 0 fully saturated rings. The molecule has 0 saturated heterocycles. The van der Waals surface area contributed by atoms with E-state index in [1.807, 2.05) is 0 Å². The van der Waals surface area contributed by atoms with Crippen molar-refractivity contribution in [3.05, 3.63) is 60.7 Å². The van der Waals surface area contributed by atoms with Gasteiger partial charge in [0, 0.05) is 19.6 Å². The van der Waals surface area contributed by atoms with Gasteiger partial charge in [-0.3, -0.25) is 0 Å². The summed E-state index contributed by atoms with van der Waals surface area (Å²) in [6, 6.07) is 8.27. The zero-order valence-electron chi connectivity index (χ0n) is 11.6. The van der Waals surface area contributed by atoms with Crippen LogP contribution in [0.15, 0.2) is 49.6 Å². The Kier molecular flexibility index (Phi) is 6.44. The Morgan fingerprint density at radius 1 is 1.21 bits per heavy atom. The first-order valence-electron chi connectivity index (χ1n) is 6.47. The van der Waals surface area contributed by atoms with E-state index in [4.69, 9.17) is 0 Å². The number of benzene rings is 1. The lowest BCUT2D eigenvalue weighted by Crippen LogP contribution is -2.40. The first kappa shape index (κ1) is 15.0. The number of hydrogen-bond acceptors (Lipinski definition) is 1. The van der Waals surface area contributed by atoms with Crippen molar-refractivity contribution in [1.82, 2.24) is 10.2 Å². The maximum Gasteiger partial charge on any atom is 0.317 e. The molecule has 3 nitrogen and oxygen atoms in total. The molecule has 0 radical (unpaired) electrons. The largest absolute Gasteiger partial charge is 0.338 e. The van der Waals surface area contributed by atoms with Gasteiger partial charge in [-0.2, -0.15) is 0 Å². The summed E-state index contributed by atoms with van der Waals surface area (Å²) >= 11 is 0. The van der Waals surface area contributed by atoms with E-state index in [-0.39, 0.29) is 6.03 Å². The molecule has 0 aliphatic carbocycles. The quantitative estimate of drug-likeness (QED) is 0.749. The fourth-order valence-electron chi connectivity index (χ4n) is 1.73. The Labute approximate surface area is 115 Å². The summed E-state index contributed by atoms with van der Waals surface area (Å²) < 4.78 is 0. The summed E-state index contributed by atoms with van der Waals surface area (Å²) in [6.45, 7) is 11.0. The molecule has 102 valence electrons. The van der Waals surface area contributed by atoms with E-state index >= 15 is 0 Å². The number of nitrogens with one attached hydrogen (secondary N) is 1. The molecular formula is C16H22N2O. The zero-order chi connectivity index (χ0) is 14.1. The Balaban J connectivity index is 2.38. The minimum Gasteiger partial charge on any atom is -0.338 e. The van der Waals surface area contributed by atoms with Gasteiger partial charge >= 0.3 is 6.03 Å². The number of rotatable bonds is 7. The van der Waals surface area contributed by atoms with Crippen molar-refractivity contribution in [2.75, 3.05) is 19.6 Å². The maximum absolute atomic E-state index is 11.9. The van der Waals surface area contributed by atoms with Crippen LogP contribution in [-0.2, 0) is 6.42 Å². The van der Waals surface area contributed by atoms with Crippen LogP contribution in [0.3, 0.4) is 0 Å². The fraction of sp³-hybridized carbons (Fsp3) is 0.312. The molecule has 0 bridgehead atoms. The van der Waals surface area contributed by atoms with Crippen LogP contribution >= 0.6 is 0 Å². The van der Waals surface area contributed by atoms with Crippen molar-refractivity contribution >= 4 is 6.03 Å². The number of carbonyl (C=O) groups excluding carboxylic acids is 1. The summed E-state index contributed by atoms with van der Waals surface area (Å²) in [7, 11) is 0. The van der Waals surface area contributed by atoms with Gasteiger partial charge in [-0.1, -0.05) is 42.0 Å². The van der Waals surface area contributed by atoms with Crippen molar-refractivity contribution in [3.8, 4) is 0 Å². The second kappa shape index (κ2) is 8.14. The van der Waals surface area contributed by atoms with E-state index < -0.39 is 0 Å². The minimum absolute atomic E-state index is 0.0769. The molecule has 3 heteroatoms. The third-order valence-corrected chi connectivity index (χ3v) is 2.80. The molecule has 1 rings (SSSR count). The number of carbonyl (C=O) groups is 1. The van der Waals surface area contributed by atoms with E-state index in [1.54, 1.807) is 17.1 Å². The highest BCUT2D eigenvalue weighted by atomic mass is 16.2. The van der Waals surface area contributed by atoms with Crippen LogP contribution in [0, 0.1) is 6.92 Å². The van der Waals surface area contributed by atoms with Crippen LogP contribution < -0.4 is 5.32 Å². The lowest BCUT2D eigenvalue weighted by Gasteiger charge is -2.19. The van der Waals surface area contributed by atoms with E-state index in [0.717, 1.165) is 6.42 Å². The second-order valence-electron chi connectivity index (χ2n) is 4.45. The van der Waals surface area contributed by atoms with Gasteiger partial charge in [0.1, 0.15) is 0 Å². The standard InChI is InChI=1S/C16H22N2O/c1-4-12-18(13-5-2)16(19)17-11-10-15-8-6-14(3)7-9-15/h4-9H,1-2,10-13H2,3H3,(H,17,19). The van der Waals surface area contributed by atoms with Crippen LogP contribution in [0.5, 0.6) is 0 Å². The van der Waals surface area contributed by atoms with Gasteiger partial charge in [-0.05, 0) is 18.9 Å². The Hall–Kier alpha value is -2.03. The topological polar surface area (TPSA) is 32.3 Å². The van der Waals surface area contributed by atoms with Crippen molar-refractivity contribution < 1.29 is 4.79 Å². The van der Waals surface area contributed by atoms with Gasteiger partial charge in [0.15, 0.2) is 0 Å². The van der Waals surface area contributed by atoms with E-state index in [9.17, 15) is 4.79 Å². The molecule has 1 N–H and O–H groups in total. The Morgan fingerprint density at radius 2 is 1.79 bits per heavy atom. The summed E-state index contributed by atoms with van der Waals surface area (Å²) in [5.41, 5.74) is 2.47. The molecule has 0 saturated carbocycles. The molecule has 2 amide bonds. The summed E-state index contributed by atoms with van der Waals surface area (Å²) in [5, 5.41) is 2.91. The SMILES string of the molecule is C=CCN(CC=C)C(=O)NCCc1ccc(C)cc1. The molecule has 0 heterocycles. The molecule has 0 atom stereocenters. The monoisotopic (exact) mass is 258 g/mol. The molecule has 0 aliphatic rings. The fourth-order valence-corrected chi connectivity index (χ4v) is 1.73. The van der Waals surface area contributed by atoms with Crippen molar-refractivity contribution in [2.24, 2.45) is 0 Å². The predicted octanol–water partition coefficient (Wildman–Crippen LogP) is 2.92. The molecular weight excluding hydrogens is 236 g/mol. The molecule has 19 heavy (non-hydrogen) atoms. The first-order valence-corrected chi connectivity index (χ1v) is 6.47. The van der Waals surface area contributed by atoms with Gasteiger partial charge in [0.2, 0.25) is 0 Å². The highest BCUT2D eigenvalue weighted by molar-refractivity contribution is 5.74. The second-order valence-corrected chi connectivity index (χ2v) is 4.45. The van der Waals surface area contributed by atoms with Crippen LogP contribution in [0.1, 0.15) is 11.1 Å². The number of nitrogens with zero attached hydrogens (tertiary/aromatic N) is 1. The van der Waals surface area contributed by atoms with Gasteiger partial charge in [0.05, 0.1) is 0 Å². The average Bonchev–Trinajstić information content (AvgIpc) is 2.40. The number of hydrogen-bond donors (Lipinski definition) is 1. The third-order valence-electron chi connectivity index (χ3n) is 2.80. The molecule has 0 spiro atoms. The third kappa shape index (κ3) is 5.42. The highest BCUT2D eigenvalue weighted by Crippen LogP contribution is 2.03. The maximum atomic E-state index is 11.9.